The summed E-state index contributed by atoms with van der Waals surface area (Å²) in [5.41, 5.74) is 4.08. The van der Waals surface area contributed by atoms with Gasteiger partial charge in [0.05, 0.1) is 31.5 Å². The number of aromatic amines is 1. The van der Waals surface area contributed by atoms with Gasteiger partial charge in [-0.05, 0) is 12.1 Å². The van der Waals surface area contributed by atoms with Crippen LogP contribution in [0, 0.1) is 0 Å². The van der Waals surface area contributed by atoms with Crippen LogP contribution in [0.5, 0.6) is 0 Å². The molecule has 0 radical (unpaired) electrons. The summed E-state index contributed by atoms with van der Waals surface area (Å²) in [6.07, 6.45) is 0.782. The zero-order valence-electron chi connectivity index (χ0n) is 12.5. The van der Waals surface area contributed by atoms with Crippen LogP contribution in [0.1, 0.15) is 11.3 Å². The van der Waals surface area contributed by atoms with Crippen LogP contribution in [-0.2, 0) is 17.7 Å². The first kappa shape index (κ1) is 14.5. The number of hydrogen-bond acceptors (Lipinski definition) is 3. The van der Waals surface area contributed by atoms with Crippen LogP contribution in [0.15, 0.2) is 24.3 Å². The Kier molecular flexibility index (Phi) is 3.71. The smallest absolute Gasteiger partial charge is 0.318 e. The van der Waals surface area contributed by atoms with Crippen LogP contribution in [0.3, 0.4) is 0 Å². The highest BCUT2D eigenvalue weighted by Crippen LogP contribution is 2.29. The number of hydrogen-bond donors (Lipinski definition) is 2. The first-order valence-corrected chi connectivity index (χ1v) is 8.04. The van der Waals surface area contributed by atoms with Gasteiger partial charge >= 0.3 is 6.03 Å². The largest absolute Gasteiger partial charge is 0.377 e. The van der Waals surface area contributed by atoms with Crippen LogP contribution in [0.4, 0.5) is 4.79 Å². The molecule has 0 atom stereocenters. The van der Waals surface area contributed by atoms with Crippen LogP contribution in [0.2, 0.25) is 5.02 Å². The second kappa shape index (κ2) is 5.86. The molecular formula is C16H17ClN4O2. The number of amides is 2. The Morgan fingerprint density at radius 3 is 2.83 bits per heavy atom. The third-order valence-electron chi connectivity index (χ3n) is 4.30. The summed E-state index contributed by atoms with van der Waals surface area (Å²) in [6.45, 7) is 2.46. The topological polar surface area (TPSA) is 70.2 Å². The van der Waals surface area contributed by atoms with E-state index in [1.165, 1.54) is 0 Å². The van der Waals surface area contributed by atoms with E-state index in [-0.39, 0.29) is 12.1 Å². The number of urea groups is 1. The van der Waals surface area contributed by atoms with Crippen molar-refractivity contribution in [3.8, 4) is 11.3 Å². The normalized spacial score (nSPS) is 17.5. The van der Waals surface area contributed by atoms with Crippen molar-refractivity contribution in [1.82, 2.24) is 20.4 Å². The van der Waals surface area contributed by atoms with Gasteiger partial charge in [-0.2, -0.15) is 5.10 Å². The molecule has 0 spiro atoms. The van der Waals surface area contributed by atoms with Gasteiger partial charge < -0.3 is 15.0 Å². The summed E-state index contributed by atoms with van der Waals surface area (Å²) < 4.78 is 5.09. The number of aromatic nitrogens is 2. The molecule has 1 aromatic carbocycles. The molecule has 0 saturated carbocycles. The molecule has 6 nitrogen and oxygen atoms in total. The maximum absolute atomic E-state index is 12.3. The van der Waals surface area contributed by atoms with Crippen molar-refractivity contribution in [3.63, 3.8) is 0 Å². The predicted octanol–water partition coefficient (Wildman–Crippen LogP) is 2.20. The summed E-state index contributed by atoms with van der Waals surface area (Å²) in [7, 11) is 0. The molecule has 2 amide bonds. The summed E-state index contributed by atoms with van der Waals surface area (Å²) in [6, 6.07) is 7.70. The zero-order valence-corrected chi connectivity index (χ0v) is 13.3. The number of ether oxygens (including phenoxy) is 1. The lowest BCUT2D eigenvalue weighted by atomic mass is 10.0. The molecule has 0 unspecified atom stereocenters. The molecule has 1 fully saturated rings. The third kappa shape index (κ3) is 2.80. The number of benzene rings is 1. The van der Waals surface area contributed by atoms with Crippen LogP contribution in [-0.4, -0.2) is 46.9 Å². The van der Waals surface area contributed by atoms with E-state index in [1.54, 1.807) is 0 Å². The fraction of sp³-hybridized carbons (Fsp3) is 0.375. The number of nitrogens with zero attached hydrogens (tertiary/aromatic N) is 2. The van der Waals surface area contributed by atoms with Crippen molar-refractivity contribution in [2.45, 2.75) is 19.0 Å². The highest BCUT2D eigenvalue weighted by molar-refractivity contribution is 6.30. The van der Waals surface area contributed by atoms with E-state index < -0.39 is 0 Å². The lowest BCUT2D eigenvalue weighted by Gasteiger charge is -2.32. The number of H-pyrrole nitrogens is 1. The lowest BCUT2D eigenvalue weighted by Crippen LogP contribution is -2.53. The highest BCUT2D eigenvalue weighted by atomic mass is 35.5. The third-order valence-corrected chi connectivity index (χ3v) is 4.56. The number of carbonyl (C=O) groups is 1. The Labute approximate surface area is 138 Å². The molecule has 3 heterocycles. The van der Waals surface area contributed by atoms with Gasteiger partial charge in [-0.1, -0.05) is 23.7 Å². The molecule has 7 heteroatoms. The molecule has 120 valence electrons. The molecule has 4 rings (SSSR count). The van der Waals surface area contributed by atoms with Crippen molar-refractivity contribution in [2.75, 3.05) is 19.8 Å². The Morgan fingerprint density at radius 2 is 2.13 bits per heavy atom. The zero-order chi connectivity index (χ0) is 15.8. The van der Waals surface area contributed by atoms with Crippen LogP contribution in [0.25, 0.3) is 11.3 Å². The van der Waals surface area contributed by atoms with E-state index in [0.29, 0.717) is 31.3 Å². The number of carbonyl (C=O) groups excluding carboxylic acids is 1. The maximum Gasteiger partial charge on any atom is 0.318 e. The van der Waals surface area contributed by atoms with E-state index >= 15 is 0 Å². The summed E-state index contributed by atoms with van der Waals surface area (Å²) in [4.78, 5) is 14.2. The van der Waals surface area contributed by atoms with E-state index in [9.17, 15) is 4.79 Å². The lowest BCUT2D eigenvalue weighted by molar-refractivity contribution is -0.00224. The van der Waals surface area contributed by atoms with Gasteiger partial charge in [-0.25, -0.2) is 4.79 Å². The first-order valence-electron chi connectivity index (χ1n) is 7.66. The molecule has 2 aliphatic rings. The molecule has 2 aromatic rings. The monoisotopic (exact) mass is 332 g/mol. The predicted molar refractivity (Wildman–Crippen MR) is 86.3 cm³/mol. The second-order valence-corrected chi connectivity index (χ2v) is 6.33. The molecule has 0 aliphatic carbocycles. The van der Waals surface area contributed by atoms with Gasteiger partial charge in [0, 0.05) is 34.8 Å². The van der Waals surface area contributed by atoms with Crippen LogP contribution < -0.4 is 5.32 Å². The van der Waals surface area contributed by atoms with Crippen molar-refractivity contribution < 1.29 is 9.53 Å². The number of nitrogens with one attached hydrogen (secondary N) is 2. The van der Waals surface area contributed by atoms with Gasteiger partial charge in [0.15, 0.2) is 0 Å². The molecule has 2 N–H and O–H groups in total. The SMILES string of the molecule is O=C(NC1COC1)N1CCc2[nH]nc(-c3ccc(Cl)cc3)c2C1. The van der Waals surface area contributed by atoms with Gasteiger partial charge in [0.1, 0.15) is 0 Å². The van der Waals surface area contributed by atoms with Crippen molar-refractivity contribution in [2.24, 2.45) is 0 Å². The molecule has 1 saturated heterocycles. The van der Waals surface area contributed by atoms with Gasteiger partial charge in [0.2, 0.25) is 0 Å². The minimum absolute atomic E-state index is 0.0350. The first-order chi connectivity index (χ1) is 11.2. The van der Waals surface area contributed by atoms with E-state index in [0.717, 1.165) is 28.9 Å². The fourth-order valence-corrected chi connectivity index (χ4v) is 3.03. The maximum atomic E-state index is 12.3. The molecular weight excluding hydrogens is 316 g/mol. The average Bonchev–Trinajstić information content (AvgIpc) is 2.94. The summed E-state index contributed by atoms with van der Waals surface area (Å²) >= 11 is 5.95. The minimum atomic E-state index is -0.0350. The van der Waals surface area contributed by atoms with E-state index in [1.807, 2.05) is 29.2 Å². The molecule has 2 aliphatic heterocycles. The van der Waals surface area contributed by atoms with Crippen molar-refractivity contribution in [1.29, 1.82) is 0 Å². The quantitative estimate of drug-likeness (QED) is 0.885. The van der Waals surface area contributed by atoms with E-state index in [4.69, 9.17) is 16.3 Å². The molecule has 23 heavy (non-hydrogen) atoms. The Bertz CT molecular complexity index is 724. The van der Waals surface area contributed by atoms with Crippen molar-refractivity contribution in [3.05, 3.63) is 40.5 Å². The number of rotatable bonds is 2. The Hall–Kier alpha value is -2.05. The average molecular weight is 333 g/mol. The number of halogens is 1. The van der Waals surface area contributed by atoms with Crippen molar-refractivity contribution >= 4 is 17.6 Å². The Morgan fingerprint density at radius 1 is 1.35 bits per heavy atom. The summed E-state index contributed by atoms with van der Waals surface area (Å²) in [5.74, 6) is 0. The molecule has 1 aromatic heterocycles. The summed E-state index contributed by atoms with van der Waals surface area (Å²) in [5, 5.41) is 11.2. The minimum Gasteiger partial charge on any atom is -0.377 e. The molecule has 0 bridgehead atoms. The second-order valence-electron chi connectivity index (χ2n) is 5.89. The Balaban J connectivity index is 1.54. The van der Waals surface area contributed by atoms with E-state index in [2.05, 4.69) is 15.5 Å². The van der Waals surface area contributed by atoms with Gasteiger partial charge in [0.25, 0.3) is 0 Å². The van der Waals surface area contributed by atoms with Crippen LogP contribution >= 0.6 is 11.6 Å². The standard InChI is InChI=1S/C16H17ClN4O2/c17-11-3-1-10(2-4-11)15-13-7-21(6-5-14(13)19-20-15)16(22)18-12-8-23-9-12/h1-4,12H,5-9H2,(H,18,22)(H,19,20). The van der Waals surface area contributed by atoms with Gasteiger partial charge in [-0.15, -0.1) is 0 Å². The number of fused-ring (bicyclic) bond motifs is 1. The van der Waals surface area contributed by atoms with Gasteiger partial charge in [-0.3, -0.25) is 5.10 Å². The fourth-order valence-electron chi connectivity index (χ4n) is 2.90. The highest BCUT2D eigenvalue weighted by Gasteiger charge is 2.28.